The molecule has 2 amide bonds. The normalized spacial score (nSPS) is 15.6. The first kappa shape index (κ1) is 30.3. The number of carbonyl (C=O) groups is 2. The topological polar surface area (TPSA) is 70.2 Å². The fraction of sp³-hybridized carbons (Fsp3) is 0.394. The molecule has 3 N–H and O–H groups in total. The average molecular weight is 566 g/mol. The van der Waals surface area contributed by atoms with E-state index in [1.807, 2.05) is 86.6 Å². The summed E-state index contributed by atoms with van der Waals surface area (Å²) in [5, 5.41) is 8.50. The Balaban J connectivity index is 0.000000208. The first-order valence-corrected chi connectivity index (χ1v) is 14.3. The highest BCUT2D eigenvalue weighted by molar-refractivity contribution is 6.00. The SMILES string of the molecule is CCCCC1(C(=O)NCC(F)(F)F)c2ccccc2-c2ccccc21.Cc1cccc(C(=O)NC2CCNCC2)c1. The van der Waals surface area contributed by atoms with Gasteiger partial charge in [-0.25, -0.2) is 0 Å². The lowest BCUT2D eigenvalue weighted by atomic mass is 9.73. The second-order valence-electron chi connectivity index (χ2n) is 10.8. The van der Waals surface area contributed by atoms with Crippen LogP contribution in [-0.2, 0) is 10.2 Å². The van der Waals surface area contributed by atoms with E-state index in [2.05, 4.69) is 16.0 Å². The highest BCUT2D eigenvalue weighted by atomic mass is 19.4. The lowest BCUT2D eigenvalue weighted by Crippen LogP contribution is -2.47. The molecule has 218 valence electrons. The van der Waals surface area contributed by atoms with Crippen molar-refractivity contribution in [2.24, 2.45) is 0 Å². The average Bonchev–Trinajstić information content (AvgIpc) is 3.26. The fourth-order valence-corrected chi connectivity index (χ4v) is 5.75. The van der Waals surface area contributed by atoms with Crippen molar-refractivity contribution in [2.45, 2.75) is 63.6 Å². The molecule has 3 aromatic rings. The molecule has 5 nitrogen and oxygen atoms in total. The van der Waals surface area contributed by atoms with Crippen LogP contribution < -0.4 is 16.0 Å². The molecule has 2 aliphatic rings. The number of amides is 2. The third-order valence-corrected chi connectivity index (χ3v) is 7.76. The molecule has 0 bridgehead atoms. The molecule has 1 heterocycles. The van der Waals surface area contributed by atoms with Gasteiger partial charge in [-0.05, 0) is 73.7 Å². The molecule has 1 aliphatic heterocycles. The van der Waals surface area contributed by atoms with Gasteiger partial charge in [0.15, 0.2) is 0 Å². The first-order valence-electron chi connectivity index (χ1n) is 14.3. The number of benzene rings is 3. The summed E-state index contributed by atoms with van der Waals surface area (Å²) in [6, 6.07) is 23.1. The summed E-state index contributed by atoms with van der Waals surface area (Å²) < 4.78 is 38.0. The monoisotopic (exact) mass is 565 g/mol. The number of piperidine rings is 1. The number of rotatable bonds is 7. The van der Waals surface area contributed by atoms with E-state index < -0.39 is 24.0 Å². The Morgan fingerprint density at radius 2 is 1.54 bits per heavy atom. The van der Waals surface area contributed by atoms with Crippen LogP contribution in [0, 0.1) is 6.92 Å². The standard InChI is InChI=1S/C20H20F3NO.C13H18N2O/c1-2-3-12-19(18(25)24-13-20(21,22)23)16-10-6-4-8-14(16)15-9-5-7-11-17(15)19;1-10-3-2-4-11(9-10)13(16)15-12-5-7-14-8-6-12/h4-11H,2-3,12-13H2,1H3,(H,24,25);2-4,9,12,14H,5-8H2,1H3,(H,15,16). The quantitative estimate of drug-likeness (QED) is 0.315. The second-order valence-corrected chi connectivity index (χ2v) is 10.8. The van der Waals surface area contributed by atoms with E-state index in [9.17, 15) is 22.8 Å². The van der Waals surface area contributed by atoms with E-state index in [4.69, 9.17) is 0 Å². The summed E-state index contributed by atoms with van der Waals surface area (Å²) in [6.45, 7) is 4.69. The van der Waals surface area contributed by atoms with Crippen LogP contribution in [0.5, 0.6) is 0 Å². The molecule has 3 aromatic carbocycles. The van der Waals surface area contributed by atoms with Gasteiger partial charge in [-0.1, -0.05) is 86.0 Å². The zero-order valence-corrected chi connectivity index (χ0v) is 23.6. The summed E-state index contributed by atoms with van der Waals surface area (Å²) >= 11 is 0. The molecule has 0 unspecified atom stereocenters. The highest BCUT2D eigenvalue weighted by Gasteiger charge is 2.49. The summed E-state index contributed by atoms with van der Waals surface area (Å²) in [7, 11) is 0. The van der Waals surface area contributed by atoms with Gasteiger partial charge in [0.2, 0.25) is 5.91 Å². The van der Waals surface area contributed by atoms with Gasteiger partial charge < -0.3 is 16.0 Å². The Morgan fingerprint density at radius 3 is 2.10 bits per heavy atom. The number of hydrogen-bond acceptors (Lipinski definition) is 3. The smallest absolute Gasteiger partial charge is 0.349 e. The molecule has 8 heteroatoms. The van der Waals surface area contributed by atoms with Crippen molar-refractivity contribution in [1.82, 2.24) is 16.0 Å². The van der Waals surface area contributed by atoms with E-state index in [1.165, 1.54) is 0 Å². The van der Waals surface area contributed by atoms with Gasteiger partial charge in [0.05, 0.1) is 0 Å². The molecule has 1 aliphatic carbocycles. The van der Waals surface area contributed by atoms with Gasteiger partial charge in [-0.3, -0.25) is 9.59 Å². The number of nitrogens with one attached hydrogen (secondary N) is 3. The van der Waals surface area contributed by atoms with Crippen molar-refractivity contribution >= 4 is 11.8 Å². The van der Waals surface area contributed by atoms with Crippen LogP contribution in [0.1, 0.15) is 66.1 Å². The van der Waals surface area contributed by atoms with Gasteiger partial charge in [-0.2, -0.15) is 13.2 Å². The van der Waals surface area contributed by atoms with E-state index >= 15 is 0 Å². The van der Waals surface area contributed by atoms with Crippen molar-refractivity contribution in [1.29, 1.82) is 0 Å². The van der Waals surface area contributed by atoms with Gasteiger partial charge in [-0.15, -0.1) is 0 Å². The summed E-state index contributed by atoms with van der Waals surface area (Å²) in [6.07, 6.45) is -0.281. The number of hydrogen-bond donors (Lipinski definition) is 3. The minimum absolute atomic E-state index is 0.0515. The van der Waals surface area contributed by atoms with E-state index in [0.29, 0.717) is 12.5 Å². The molecule has 0 radical (unpaired) electrons. The Hall–Kier alpha value is -3.65. The molecule has 0 spiro atoms. The Labute approximate surface area is 239 Å². The Bertz CT molecular complexity index is 1300. The predicted octanol–water partition coefficient (Wildman–Crippen LogP) is 6.30. The van der Waals surface area contributed by atoms with E-state index in [0.717, 1.165) is 72.2 Å². The van der Waals surface area contributed by atoms with Crippen molar-refractivity contribution in [2.75, 3.05) is 19.6 Å². The van der Waals surface area contributed by atoms with Crippen molar-refractivity contribution < 1.29 is 22.8 Å². The summed E-state index contributed by atoms with van der Waals surface area (Å²) in [5.41, 5.74) is 4.27. The van der Waals surface area contributed by atoms with Crippen LogP contribution in [0.25, 0.3) is 11.1 Å². The minimum atomic E-state index is -4.43. The maximum absolute atomic E-state index is 13.0. The summed E-state index contributed by atoms with van der Waals surface area (Å²) in [5.74, 6) is -0.522. The Kier molecular flexibility index (Phi) is 9.86. The third kappa shape index (κ3) is 7.17. The molecule has 0 atom stereocenters. The van der Waals surface area contributed by atoms with Crippen LogP contribution in [0.2, 0.25) is 0 Å². The number of aryl methyl sites for hydroxylation is 1. The van der Waals surface area contributed by atoms with Crippen LogP contribution in [0.4, 0.5) is 13.2 Å². The number of alkyl halides is 3. The first-order chi connectivity index (χ1) is 19.7. The van der Waals surface area contributed by atoms with Gasteiger partial charge >= 0.3 is 6.18 Å². The third-order valence-electron chi connectivity index (χ3n) is 7.76. The zero-order chi connectivity index (χ0) is 29.5. The molecule has 0 aromatic heterocycles. The van der Waals surface area contributed by atoms with Crippen LogP contribution in [-0.4, -0.2) is 43.7 Å². The van der Waals surface area contributed by atoms with Crippen molar-refractivity contribution in [3.8, 4) is 11.1 Å². The van der Waals surface area contributed by atoms with Crippen molar-refractivity contribution in [3.63, 3.8) is 0 Å². The van der Waals surface area contributed by atoms with Crippen LogP contribution in [0.3, 0.4) is 0 Å². The van der Waals surface area contributed by atoms with Crippen LogP contribution in [0.15, 0.2) is 72.8 Å². The largest absolute Gasteiger partial charge is 0.405 e. The van der Waals surface area contributed by atoms with Gasteiger partial charge in [0.25, 0.3) is 5.91 Å². The number of fused-ring (bicyclic) bond motifs is 3. The lowest BCUT2D eigenvalue weighted by molar-refractivity contribution is -0.141. The maximum Gasteiger partial charge on any atom is 0.405 e. The maximum atomic E-state index is 13.0. The molecule has 0 saturated carbocycles. The Morgan fingerprint density at radius 1 is 0.927 bits per heavy atom. The number of carbonyl (C=O) groups excluding carboxylic acids is 2. The lowest BCUT2D eigenvalue weighted by Gasteiger charge is -2.31. The van der Waals surface area contributed by atoms with Crippen molar-refractivity contribution in [3.05, 3.63) is 95.1 Å². The number of unbranched alkanes of at least 4 members (excludes halogenated alkanes) is 1. The summed E-state index contributed by atoms with van der Waals surface area (Å²) in [4.78, 5) is 25.0. The van der Waals surface area contributed by atoms with E-state index in [1.54, 1.807) is 0 Å². The highest BCUT2D eigenvalue weighted by Crippen LogP contribution is 2.51. The van der Waals surface area contributed by atoms with Gasteiger partial charge in [0, 0.05) is 11.6 Å². The molecule has 5 rings (SSSR count). The molecule has 1 saturated heterocycles. The second kappa shape index (κ2) is 13.3. The molecular weight excluding hydrogens is 527 g/mol. The predicted molar refractivity (Wildman–Crippen MR) is 156 cm³/mol. The molecule has 41 heavy (non-hydrogen) atoms. The molecular formula is C33H38F3N3O2. The number of halogens is 3. The molecule has 1 fully saturated rings. The zero-order valence-electron chi connectivity index (χ0n) is 23.6. The fourth-order valence-electron chi connectivity index (χ4n) is 5.75. The minimum Gasteiger partial charge on any atom is -0.349 e. The van der Waals surface area contributed by atoms with Crippen LogP contribution >= 0.6 is 0 Å². The van der Waals surface area contributed by atoms with Gasteiger partial charge in [0.1, 0.15) is 12.0 Å². The van der Waals surface area contributed by atoms with E-state index in [-0.39, 0.29) is 5.91 Å².